The summed E-state index contributed by atoms with van der Waals surface area (Å²) in [6.45, 7) is 1.18. The second-order valence-electron chi connectivity index (χ2n) is 4.77. The van der Waals surface area contributed by atoms with Gasteiger partial charge in [0.25, 0.3) is 0 Å². The van der Waals surface area contributed by atoms with Crippen LogP contribution in [0.3, 0.4) is 0 Å². The molecule has 1 N–H and O–H groups in total. The second-order valence-corrected chi connectivity index (χ2v) is 7.32. The number of aryl methyl sites for hydroxylation is 1. The van der Waals surface area contributed by atoms with Crippen LogP contribution in [0.5, 0.6) is 0 Å². The first-order chi connectivity index (χ1) is 8.43. The Hall–Kier alpha value is -0.120. The third-order valence-corrected chi connectivity index (χ3v) is 6.45. The first-order valence-electron chi connectivity index (χ1n) is 6.44. The van der Waals surface area contributed by atoms with Crippen LogP contribution in [-0.2, 0) is 6.42 Å². The molecule has 0 radical (unpaired) electrons. The molecule has 1 nitrogen and oxygen atoms in total. The number of fused-ring (bicyclic) bond motifs is 1. The molecule has 0 amide bonds. The number of benzene rings is 1. The van der Waals surface area contributed by atoms with Crippen LogP contribution in [0.1, 0.15) is 23.6 Å². The monoisotopic (exact) mass is 265 g/mol. The van der Waals surface area contributed by atoms with Crippen molar-refractivity contribution in [3.8, 4) is 0 Å². The molecular formula is C14H19NS2. The Kier molecular flexibility index (Phi) is 3.99. The predicted octanol–water partition coefficient (Wildman–Crippen LogP) is 3.11. The third kappa shape index (κ3) is 2.83. The standard InChI is InChI=1S/C14H19NS2/c1-2-4-13-11(3-1)5-6-14(13)15-9-12-10-16-7-8-17-12/h1-4,12,14-15H,5-10H2. The van der Waals surface area contributed by atoms with Crippen LogP contribution in [0.15, 0.2) is 24.3 Å². The molecule has 2 unspecified atom stereocenters. The Morgan fingerprint density at radius 2 is 2.18 bits per heavy atom. The zero-order chi connectivity index (χ0) is 11.5. The fourth-order valence-electron chi connectivity index (χ4n) is 2.70. The van der Waals surface area contributed by atoms with E-state index in [-0.39, 0.29) is 0 Å². The molecule has 0 bridgehead atoms. The summed E-state index contributed by atoms with van der Waals surface area (Å²) in [6.07, 6.45) is 2.53. The Balaban J connectivity index is 1.56. The van der Waals surface area contributed by atoms with Crippen LogP contribution in [0, 0.1) is 0 Å². The van der Waals surface area contributed by atoms with Crippen molar-refractivity contribution >= 4 is 23.5 Å². The van der Waals surface area contributed by atoms with Gasteiger partial charge in [0, 0.05) is 35.1 Å². The van der Waals surface area contributed by atoms with E-state index in [0.29, 0.717) is 6.04 Å². The maximum Gasteiger partial charge on any atom is 0.0326 e. The number of nitrogens with one attached hydrogen (secondary N) is 1. The van der Waals surface area contributed by atoms with Crippen molar-refractivity contribution in [1.29, 1.82) is 0 Å². The molecule has 3 rings (SSSR count). The van der Waals surface area contributed by atoms with E-state index in [9.17, 15) is 0 Å². The summed E-state index contributed by atoms with van der Waals surface area (Å²) in [5.41, 5.74) is 3.09. The molecule has 2 aliphatic rings. The normalized spacial score (nSPS) is 28.0. The molecule has 1 aliphatic heterocycles. The highest BCUT2D eigenvalue weighted by Gasteiger charge is 2.23. The average molecular weight is 265 g/mol. The molecular weight excluding hydrogens is 246 g/mol. The number of rotatable bonds is 3. The van der Waals surface area contributed by atoms with Crippen LogP contribution in [0.4, 0.5) is 0 Å². The van der Waals surface area contributed by atoms with Crippen molar-refractivity contribution < 1.29 is 0 Å². The summed E-state index contributed by atoms with van der Waals surface area (Å²) in [5.74, 6) is 4.00. The molecule has 1 heterocycles. The third-order valence-electron chi connectivity index (χ3n) is 3.61. The van der Waals surface area contributed by atoms with E-state index in [1.165, 1.54) is 36.6 Å². The molecule has 1 saturated heterocycles. The average Bonchev–Trinajstić information content (AvgIpc) is 2.81. The van der Waals surface area contributed by atoms with E-state index in [1.807, 2.05) is 0 Å². The summed E-state index contributed by atoms with van der Waals surface area (Å²) < 4.78 is 0. The molecule has 0 aromatic heterocycles. The molecule has 1 aromatic carbocycles. The van der Waals surface area contributed by atoms with Crippen LogP contribution in [0.25, 0.3) is 0 Å². The fourth-order valence-corrected chi connectivity index (χ4v) is 5.32. The maximum atomic E-state index is 3.77. The highest BCUT2D eigenvalue weighted by atomic mass is 32.2. The zero-order valence-electron chi connectivity index (χ0n) is 10.0. The second kappa shape index (κ2) is 5.68. The van der Waals surface area contributed by atoms with E-state index in [4.69, 9.17) is 0 Å². The lowest BCUT2D eigenvalue weighted by atomic mass is 10.1. The van der Waals surface area contributed by atoms with Gasteiger partial charge in [0.05, 0.1) is 0 Å². The van der Waals surface area contributed by atoms with Gasteiger partial charge in [-0.25, -0.2) is 0 Å². The molecule has 0 saturated carbocycles. The van der Waals surface area contributed by atoms with Gasteiger partial charge in [-0.05, 0) is 24.0 Å². The van der Waals surface area contributed by atoms with Crippen molar-refractivity contribution in [3.05, 3.63) is 35.4 Å². The van der Waals surface area contributed by atoms with Crippen molar-refractivity contribution in [2.45, 2.75) is 24.1 Å². The molecule has 0 spiro atoms. The van der Waals surface area contributed by atoms with Gasteiger partial charge in [0.2, 0.25) is 0 Å². The zero-order valence-corrected chi connectivity index (χ0v) is 11.7. The minimum Gasteiger partial charge on any atom is -0.309 e. The lowest BCUT2D eigenvalue weighted by molar-refractivity contribution is 0.534. The molecule has 1 aliphatic carbocycles. The van der Waals surface area contributed by atoms with E-state index >= 15 is 0 Å². The summed E-state index contributed by atoms with van der Waals surface area (Å²) in [7, 11) is 0. The van der Waals surface area contributed by atoms with Crippen molar-refractivity contribution in [1.82, 2.24) is 5.32 Å². The van der Waals surface area contributed by atoms with Gasteiger partial charge < -0.3 is 5.32 Å². The van der Waals surface area contributed by atoms with Gasteiger partial charge in [-0.15, -0.1) is 0 Å². The SMILES string of the molecule is c1ccc2c(c1)CCC2NCC1CSCCS1. The van der Waals surface area contributed by atoms with Gasteiger partial charge in [-0.1, -0.05) is 24.3 Å². The van der Waals surface area contributed by atoms with E-state index in [0.717, 1.165) is 5.25 Å². The maximum absolute atomic E-state index is 3.77. The van der Waals surface area contributed by atoms with Crippen molar-refractivity contribution in [2.24, 2.45) is 0 Å². The smallest absolute Gasteiger partial charge is 0.0326 e. The molecule has 2 atom stereocenters. The molecule has 92 valence electrons. The lowest BCUT2D eigenvalue weighted by Gasteiger charge is -2.23. The Bertz CT molecular complexity index is 374. The van der Waals surface area contributed by atoms with Gasteiger partial charge >= 0.3 is 0 Å². The van der Waals surface area contributed by atoms with E-state index in [2.05, 4.69) is 53.1 Å². The molecule has 17 heavy (non-hydrogen) atoms. The molecule has 1 aromatic rings. The van der Waals surface area contributed by atoms with Crippen LogP contribution in [-0.4, -0.2) is 29.1 Å². The van der Waals surface area contributed by atoms with Crippen LogP contribution < -0.4 is 5.32 Å². The predicted molar refractivity (Wildman–Crippen MR) is 79.1 cm³/mol. The minimum atomic E-state index is 0.610. The first kappa shape index (κ1) is 11.9. The van der Waals surface area contributed by atoms with Gasteiger partial charge in [-0.3, -0.25) is 0 Å². The van der Waals surface area contributed by atoms with Crippen LogP contribution in [0.2, 0.25) is 0 Å². The largest absolute Gasteiger partial charge is 0.309 e. The summed E-state index contributed by atoms with van der Waals surface area (Å²) in [5, 5.41) is 4.59. The minimum absolute atomic E-state index is 0.610. The van der Waals surface area contributed by atoms with E-state index in [1.54, 1.807) is 11.1 Å². The Labute approximate surface area is 112 Å². The summed E-state index contributed by atoms with van der Waals surface area (Å²) >= 11 is 4.25. The number of thioether (sulfide) groups is 2. The highest BCUT2D eigenvalue weighted by Crippen LogP contribution is 2.31. The fraction of sp³-hybridized carbons (Fsp3) is 0.571. The van der Waals surface area contributed by atoms with Gasteiger partial charge in [-0.2, -0.15) is 23.5 Å². The Morgan fingerprint density at radius 1 is 1.24 bits per heavy atom. The van der Waals surface area contributed by atoms with Gasteiger partial charge in [0.1, 0.15) is 0 Å². The van der Waals surface area contributed by atoms with Crippen LogP contribution >= 0.6 is 23.5 Å². The quantitative estimate of drug-likeness (QED) is 0.902. The lowest BCUT2D eigenvalue weighted by Crippen LogP contribution is -2.31. The summed E-state index contributed by atoms with van der Waals surface area (Å²) in [6, 6.07) is 9.52. The topological polar surface area (TPSA) is 12.0 Å². The molecule has 1 fully saturated rings. The number of hydrogen-bond donors (Lipinski definition) is 1. The van der Waals surface area contributed by atoms with Crippen molar-refractivity contribution in [2.75, 3.05) is 23.8 Å². The molecule has 3 heteroatoms. The van der Waals surface area contributed by atoms with Crippen molar-refractivity contribution in [3.63, 3.8) is 0 Å². The Morgan fingerprint density at radius 3 is 3.06 bits per heavy atom. The van der Waals surface area contributed by atoms with Gasteiger partial charge in [0.15, 0.2) is 0 Å². The summed E-state index contributed by atoms with van der Waals surface area (Å²) in [4.78, 5) is 0. The number of hydrogen-bond acceptors (Lipinski definition) is 3. The highest BCUT2D eigenvalue weighted by molar-refractivity contribution is 8.06. The first-order valence-corrected chi connectivity index (χ1v) is 8.64. The van der Waals surface area contributed by atoms with E-state index < -0.39 is 0 Å².